The van der Waals surface area contributed by atoms with Crippen LogP contribution in [-0.2, 0) is 14.3 Å². The maximum Gasteiger partial charge on any atom is 0.243 e. The van der Waals surface area contributed by atoms with Crippen LogP contribution in [0.3, 0.4) is 0 Å². The summed E-state index contributed by atoms with van der Waals surface area (Å²) in [5, 5.41) is 0. The van der Waals surface area contributed by atoms with Crippen LogP contribution >= 0.6 is 0 Å². The summed E-state index contributed by atoms with van der Waals surface area (Å²) in [5.74, 6) is 0.747. The highest BCUT2D eigenvalue weighted by Gasteiger charge is 2.71. The number of methoxy groups -OCH3 is 1. The van der Waals surface area contributed by atoms with Gasteiger partial charge in [-0.2, -0.15) is 0 Å². The molecule has 5 heteroatoms. The molecule has 2 heterocycles. The fourth-order valence-corrected chi connectivity index (χ4v) is 4.66. The van der Waals surface area contributed by atoms with Crippen molar-refractivity contribution in [3.05, 3.63) is 0 Å². The molecule has 120 valence electrons. The molecule has 3 aliphatic rings. The number of carbonyl (C=O) groups excluding carboxylic acids is 1. The van der Waals surface area contributed by atoms with Crippen LogP contribution < -0.4 is 5.73 Å². The molecule has 1 saturated carbocycles. The molecule has 2 aliphatic heterocycles. The van der Waals surface area contributed by atoms with Gasteiger partial charge < -0.3 is 20.1 Å². The van der Waals surface area contributed by atoms with Gasteiger partial charge in [-0.05, 0) is 19.3 Å². The molecule has 3 fully saturated rings. The molecule has 0 aromatic carbocycles. The van der Waals surface area contributed by atoms with Gasteiger partial charge in [-0.15, -0.1) is 0 Å². The minimum absolute atomic E-state index is 0.123. The molecular weight excluding hydrogens is 268 g/mol. The molecule has 0 spiro atoms. The molecule has 21 heavy (non-hydrogen) atoms. The Morgan fingerprint density at radius 2 is 2.19 bits per heavy atom. The second kappa shape index (κ2) is 5.21. The van der Waals surface area contributed by atoms with E-state index in [2.05, 4.69) is 13.8 Å². The van der Waals surface area contributed by atoms with Crippen LogP contribution in [0.25, 0.3) is 0 Å². The molecule has 0 radical (unpaired) electrons. The Morgan fingerprint density at radius 1 is 1.43 bits per heavy atom. The molecular formula is C16H28N2O3. The Bertz CT molecular complexity index is 426. The van der Waals surface area contributed by atoms with Crippen LogP contribution in [-0.4, -0.2) is 55.9 Å². The number of nitrogens with zero attached hydrogens (tertiary/aromatic N) is 1. The van der Waals surface area contributed by atoms with Crippen LogP contribution in [0.1, 0.15) is 33.1 Å². The van der Waals surface area contributed by atoms with Gasteiger partial charge in [0.15, 0.2) is 0 Å². The molecule has 0 aromatic heterocycles. The predicted molar refractivity (Wildman–Crippen MR) is 79.7 cm³/mol. The van der Waals surface area contributed by atoms with E-state index in [9.17, 15) is 4.79 Å². The largest absolute Gasteiger partial charge is 0.384 e. The summed E-state index contributed by atoms with van der Waals surface area (Å²) in [7, 11) is 1.72. The van der Waals surface area contributed by atoms with Gasteiger partial charge in [-0.1, -0.05) is 13.8 Å². The summed E-state index contributed by atoms with van der Waals surface area (Å²) in [6.07, 6.45) is 3.17. The summed E-state index contributed by atoms with van der Waals surface area (Å²) in [6, 6.07) is 0. The Morgan fingerprint density at radius 3 is 2.90 bits per heavy atom. The van der Waals surface area contributed by atoms with Gasteiger partial charge in [0.25, 0.3) is 0 Å². The van der Waals surface area contributed by atoms with Crippen molar-refractivity contribution in [2.45, 2.75) is 44.8 Å². The first-order valence-corrected chi connectivity index (χ1v) is 8.11. The van der Waals surface area contributed by atoms with Crippen LogP contribution in [0.5, 0.6) is 0 Å². The maximum absolute atomic E-state index is 13.1. The van der Waals surface area contributed by atoms with Crippen molar-refractivity contribution in [1.29, 1.82) is 0 Å². The van der Waals surface area contributed by atoms with E-state index in [1.165, 1.54) is 0 Å². The van der Waals surface area contributed by atoms with E-state index >= 15 is 0 Å². The first-order valence-electron chi connectivity index (χ1n) is 8.11. The number of rotatable bonds is 3. The third-order valence-corrected chi connectivity index (χ3v) is 6.01. The summed E-state index contributed by atoms with van der Waals surface area (Å²) in [5.41, 5.74) is 5.63. The van der Waals surface area contributed by atoms with Gasteiger partial charge in [0, 0.05) is 44.1 Å². The summed E-state index contributed by atoms with van der Waals surface area (Å²) >= 11 is 0. The normalized spacial score (nSPS) is 41.5. The molecule has 2 N–H and O–H groups in total. The summed E-state index contributed by atoms with van der Waals surface area (Å²) < 4.78 is 11.1. The molecule has 1 aliphatic carbocycles. The minimum Gasteiger partial charge on any atom is -0.384 e. The monoisotopic (exact) mass is 296 g/mol. The van der Waals surface area contributed by atoms with E-state index in [-0.39, 0.29) is 23.3 Å². The third kappa shape index (κ3) is 2.05. The van der Waals surface area contributed by atoms with Crippen molar-refractivity contribution in [3.63, 3.8) is 0 Å². The molecule has 3 rings (SSSR count). The highest BCUT2D eigenvalue weighted by atomic mass is 16.5. The molecule has 4 unspecified atom stereocenters. The fourth-order valence-electron chi connectivity index (χ4n) is 4.66. The molecule has 4 atom stereocenters. The van der Waals surface area contributed by atoms with Crippen molar-refractivity contribution < 1.29 is 14.3 Å². The zero-order chi connectivity index (χ0) is 15.3. The van der Waals surface area contributed by atoms with E-state index in [4.69, 9.17) is 15.2 Å². The van der Waals surface area contributed by atoms with Crippen LogP contribution in [0.15, 0.2) is 0 Å². The third-order valence-electron chi connectivity index (χ3n) is 6.01. The van der Waals surface area contributed by atoms with Gasteiger partial charge in [-0.3, -0.25) is 4.79 Å². The number of ether oxygens (including phenoxy) is 2. The first kappa shape index (κ1) is 15.3. The smallest absolute Gasteiger partial charge is 0.243 e. The predicted octanol–water partition coefficient (Wildman–Crippen LogP) is 1.01. The van der Waals surface area contributed by atoms with Crippen molar-refractivity contribution >= 4 is 5.91 Å². The van der Waals surface area contributed by atoms with Gasteiger partial charge >= 0.3 is 0 Å². The highest BCUT2D eigenvalue weighted by molar-refractivity contribution is 5.89. The molecule has 0 bridgehead atoms. The van der Waals surface area contributed by atoms with Crippen LogP contribution in [0.2, 0.25) is 0 Å². The zero-order valence-corrected chi connectivity index (χ0v) is 13.4. The average molecular weight is 296 g/mol. The lowest BCUT2D eigenvalue weighted by Gasteiger charge is -2.65. The van der Waals surface area contributed by atoms with Gasteiger partial charge in [0.1, 0.15) is 5.54 Å². The number of hydrogen-bond donors (Lipinski definition) is 1. The number of fused-ring (bicyclic) bond motifs is 1. The fraction of sp³-hybridized carbons (Fsp3) is 0.938. The van der Waals surface area contributed by atoms with Gasteiger partial charge in [0.2, 0.25) is 5.91 Å². The second-order valence-electron chi connectivity index (χ2n) is 7.49. The lowest BCUT2D eigenvalue weighted by molar-refractivity contribution is -0.229. The van der Waals surface area contributed by atoms with Crippen molar-refractivity contribution in [2.24, 2.45) is 23.0 Å². The lowest BCUT2D eigenvalue weighted by Crippen LogP contribution is -2.82. The van der Waals surface area contributed by atoms with Gasteiger partial charge in [-0.25, -0.2) is 0 Å². The SMILES string of the molecule is COCC1CCN(C(=O)C2(N)C3CCCOC3C2(C)C)C1. The summed E-state index contributed by atoms with van der Waals surface area (Å²) in [6.45, 7) is 7.27. The standard InChI is InChI=1S/C16H28N2O3/c1-15(2)13-12(5-4-8-21-13)16(15,17)14(19)18-7-6-11(9-18)10-20-3/h11-13H,4-10,17H2,1-3H3. The molecule has 2 saturated heterocycles. The average Bonchev–Trinajstić information content (AvgIpc) is 2.94. The maximum atomic E-state index is 13.1. The Labute approximate surface area is 127 Å². The summed E-state index contributed by atoms with van der Waals surface area (Å²) in [4.78, 5) is 15.0. The molecule has 0 aromatic rings. The van der Waals surface area contributed by atoms with E-state index in [1.807, 2.05) is 4.90 Å². The number of likely N-dealkylation sites (tertiary alicyclic amines) is 1. The first-order chi connectivity index (χ1) is 9.92. The Kier molecular flexibility index (Phi) is 3.79. The van der Waals surface area contributed by atoms with Crippen molar-refractivity contribution in [1.82, 2.24) is 4.90 Å². The molecule has 5 nitrogen and oxygen atoms in total. The van der Waals surface area contributed by atoms with Crippen molar-refractivity contribution in [2.75, 3.05) is 33.4 Å². The van der Waals surface area contributed by atoms with Crippen molar-refractivity contribution in [3.8, 4) is 0 Å². The lowest BCUT2D eigenvalue weighted by atomic mass is 9.46. The van der Waals surface area contributed by atoms with Crippen LogP contribution in [0.4, 0.5) is 0 Å². The second-order valence-corrected chi connectivity index (χ2v) is 7.49. The van der Waals surface area contributed by atoms with E-state index in [0.29, 0.717) is 5.92 Å². The van der Waals surface area contributed by atoms with E-state index in [0.717, 1.165) is 45.6 Å². The quantitative estimate of drug-likeness (QED) is 0.844. The molecule has 1 amide bonds. The zero-order valence-electron chi connectivity index (χ0n) is 13.4. The Hall–Kier alpha value is -0.650. The van der Waals surface area contributed by atoms with E-state index in [1.54, 1.807) is 7.11 Å². The highest BCUT2D eigenvalue weighted by Crippen LogP contribution is 2.58. The minimum atomic E-state index is -0.764. The van der Waals surface area contributed by atoms with Gasteiger partial charge in [0.05, 0.1) is 12.7 Å². The van der Waals surface area contributed by atoms with Crippen LogP contribution in [0, 0.1) is 17.3 Å². The van der Waals surface area contributed by atoms with E-state index < -0.39 is 5.54 Å². The Balaban J connectivity index is 1.74. The number of carbonyl (C=O) groups is 1. The topological polar surface area (TPSA) is 64.8 Å². The number of amides is 1. The number of nitrogens with two attached hydrogens (primary N) is 1. The number of hydrogen-bond acceptors (Lipinski definition) is 4.